The summed E-state index contributed by atoms with van der Waals surface area (Å²) in [7, 11) is 0. The van der Waals surface area contributed by atoms with Crippen molar-refractivity contribution >= 4 is 23.7 Å². The van der Waals surface area contributed by atoms with E-state index in [4.69, 9.17) is 4.74 Å². The lowest BCUT2D eigenvalue weighted by Crippen LogP contribution is -2.17. The number of carbonyl (C=O) groups is 2. The molecule has 0 saturated heterocycles. The number of amides is 2. The molecule has 6 nitrogen and oxygen atoms in total. The average molecular weight is 339 g/mol. The van der Waals surface area contributed by atoms with Crippen LogP contribution in [0.15, 0.2) is 53.6 Å². The number of nitrogens with one attached hydrogen (secondary N) is 2. The molecule has 0 unspecified atom stereocenters. The van der Waals surface area contributed by atoms with Crippen molar-refractivity contribution in [2.24, 2.45) is 5.10 Å². The molecule has 0 heterocycles. The number of ether oxygens (including phenoxy) is 1. The number of benzene rings is 2. The summed E-state index contributed by atoms with van der Waals surface area (Å²) in [5.74, 6) is 0.395. The molecule has 2 aromatic carbocycles. The summed E-state index contributed by atoms with van der Waals surface area (Å²) in [5, 5.41) is 6.67. The highest BCUT2D eigenvalue weighted by atomic mass is 16.5. The lowest BCUT2D eigenvalue weighted by molar-refractivity contribution is -0.115. The summed E-state index contributed by atoms with van der Waals surface area (Å²) < 4.78 is 5.36. The average Bonchev–Trinajstić information content (AvgIpc) is 2.64. The fraction of sp³-hybridized carbons (Fsp3) is 0.211. The van der Waals surface area contributed by atoms with Gasteiger partial charge in [-0.2, -0.15) is 5.10 Å². The van der Waals surface area contributed by atoms with Crippen molar-refractivity contribution in [3.8, 4) is 5.75 Å². The van der Waals surface area contributed by atoms with Crippen LogP contribution in [0.3, 0.4) is 0 Å². The van der Waals surface area contributed by atoms with Crippen LogP contribution in [0.4, 0.5) is 5.69 Å². The van der Waals surface area contributed by atoms with Gasteiger partial charge in [0, 0.05) is 17.7 Å². The van der Waals surface area contributed by atoms with Gasteiger partial charge >= 0.3 is 0 Å². The zero-order valence-corrected chi connectivity index (χ0v) is 14.3. The van der Waals surface area contributed by atoms with E-state index in [0.717, 1.165) is 11.3 Å². The second-order valence-electron chi connectivity index (χ2n) is 5.18. The van der Waals surface area contributed by atoms with Crippen LogP contribution in [-0.4, -0.2) is 24.6 Å². The second kappa shape index (κ2) is 9.22. The SMILES string of the molecule is CCOc1ccc(/C=N/NC(=O)c2ccc(NC(=O)CC)cc2)cc1. The van der Waals surface area contributed by atoms with Crippen LogP contribution >= 0.6 is 0 Å². The van der Waals surface area contributed by atoms with E-state index >= 15 is 0 Å². The molecule has 2 aromatic rings. The first-order valence-corrected chi connectivity index (χ1v) is 8.08. The third-order valence-electron chi connectivity index (χ3n) is 3.32. The van der Waals surface area contributed by atoms with Gasteiger partial charge in [0.25, 0.3) is 5.91 Å². The standard InChI is InChI=1S/C19H21N3O3/c1-3-18(23)21-16-9-7-15(8-10-16)19(24)22-20-13-14-5-11-17(12-6-14)25-4-2/h5-13H,3-4H2,1-2H3,(H,21,23)(H,22,24)/b20-13+. The van der Waals surface area contributed by atoms with E-state index in [-0.39, 0.29) is 11.8 Å². The number of nitrogens with zero attached hydrogens (tertiary/aromatic N) is 1. The molecule has 0 fully saturated rings. The van der Waals surface area contributed by atoms with Crippen molar-refractivity contribution in [1.82, 2.24) is 5.43 Å². The Kier molecular flexibility index (Phi) is 6.71. The Morgan fingerprint density at radius 1 is 1.04 bits per heavy atom. The van der Waals surface area contributed by atoms with E-state index in [1.165, 1.54) is 0 Å². The van der Waals surface area contributed by atoms with Gasteiger partial charge in [-0.3, -0.25) is 9.59 Å². The van der Waals surface area contributed by atoms with Crippen molar-refractivity contribution in [1.29, 1.82) is 0 Å². The van der Waals surface area contributed by atoms with Crippen LogP contribution < -0.4 is 15.5 Å². The fourth-order valence-corrected chi connectivity index (χ4v) is 2.00. The molecule has 0 atom stereocenters. The smallest absolute Gasteiger partial charge is 0.271 e. The van der Waals surface area contributed by atoms with Gasteiger partial charge in [-0.15, -0.1) is 0 Å². The summed E-state index contributed by atoms with van der Waals surface area (Å²) >= 11 is 0. The number of hydrazone groups is 1. The van der Waals surface area contributed by atoms with Crippen molar-refractivity contribution < 1.29 is 14.3 Å². The number of rotatable bonds is 7. The van der Waals surface area contributed by atoms with Crippen LogP contribution in [0.25, 0.3) is 0 Å². The van der Waals surface area contributed by atoms with Crippen molar-refractivity contribution in [3.63, 3.8) is 0 Å². The molecular formula is C19H21N3O3. The Morgan fingerprint density at radius 3 is 2.32 bits per heavy atom. The van der Waals surface area contributed by atoms with Gasteiger partial charge < -0.3 is 10.1 Å². The van der Waals surface area contributed by atoms with E-state index in [1.807, 2.05) is 31.2 Å². The molecule has 25 heavy (non-hydrogen) atoms. The van der Waals surface area contributed by atoms with Crippen molar-refractivity contribution in [3.05, 3.63) is 59.7 Å². The van der Waals surface area contributed by atoms with E-state index in [9.17, 15) is 9.59 Å². The highest BCUT2D eigenvalue weighted by Gasteiger charge is 2.05. The minimum Gasteiger partial charge on any atom is -0.494 e. The molecule has 0 aliphatic rings. The Hall–Kier alpha value is -3.15. The van der Waals surface area contributed by atoms with Gasteiger partial charge in [0.05, 0.1) is 12.8 Å². The summed E-state index contributed by atoms with van der Waals surface area (Å²) in [4.78, 5) is 23.3. The first-order chi connectivity index (χ1) is 12.1. The summed E-state index contributed by atoms with van der Waals surface area (Å²) in [6.45, 7) is 4.32. The van der Waals surface area contributed by atoms with Gasteiger partial charge in [-0.05, 0) is 61.0 Å². The van der Waals surface area contributed by atoms with E-state index in [0.29, 0.717) is 24.3 Å². The molecule has 0 radical (unpaired) electrons. The zero-order chi connectivity index (χ0) is 18.1. The number of hydrogen-bond acceptors (Lipinski definition) is 4. The molecule has 0 saturated carbocycles. The zero-order valence-electron chi connectivity index (χ0n) is 14.3. The topological polar surface area (TPSA) is 79.8 Å². The predicted octanol–water partition coefficient (Wildman–Crippen LogP) is 3.20. The molecule has 2 N–H and O–H groups in total. The molecule has 0 aromatic heterocycles. The maximum atomic E-state index is 12.0. The quantitative estimate of drug-likeness (QED) is 0.600. The second-order valence-corrected chi connectivity index (χ2v) is 5.18. The Labute approximate surface area is 146 Å². The van der Waals surface area contributed by atoms with Crippen LogP contribution in [0.2, 0.25) is 0 Å². The molecule has 130 valence electrons. The maximum absolute atomic E-state index is 12.0. The summed E-state index contributed by atoms with van der Waals surface area (Å²) in [5.41, 5.74) is 4.43. The number of carbonyl (C=O) groups excluding carboxylic acids is 2. The van der Waals surface area contributed by atoms with Crippen LogP contribution in [0, 0.1) is 0 Å². The largest absolute Gasteiger partial charge is 0.494 e. The van der Waals surface area contributed by atoms with E-state index in [1.54, 1.807) is 37.4 Å². The highest BCUT2D eigenvalue weighted by Crippen LogP contribution is 2.11. The molecule has 6 heteroatoms. The van der Waals surface area contributed by atoms with Gasteiger partial charge in [0.1, 0.15) is 5.75 Å². The molecule has 2 rings (SSSR count). The van der Waals surface area contributed by atoms with Crippen molar-refractivity contribution in [2.45, 2.75) is 20.3 Å². The molecular weight excluding hydrogens is 318 g/mol. The maximum Gasteiger partial charge on any atom is 0.271 e. The van der Waals surface area contributed by atoms with Gasteiger partial charge in [-0.1, -0.05) is 6.92 Å². The summed E-state index contributed by atoms with van der Waals surface area (Å²) in [6, 6.07) is 14.0. The van der Waals surface area contributed by atoms with Gasteiger partial charge in [-0.25, -0.2) is 5.43 Å². The van der Waals surface area contributed by atoms with E-state index < -0.39 is 0 Å². The Bertz CT molecular complexity index is 738. The predicted molar refractivity (Wildman–Crippen MR) is 98.0 cm³/mol. The lowest BCUT2D eigenvalue weighted by atomic mass is 10.2. The highest BCUT2D eigenvalue weighted by molar-refractivity contribution is 5.96. The third kappa shape index (κ3) is 5.76. The Morgan fingerprint density at radius 2 is 1.72 bits per heavy atom. The first-order valence-electron chi connectivity index (χ1n) is 8.08. The van der Waals surface area contributed by atoms with Crippen LogP contribution in [0.5, 0.6) is 5.75 Å². The normalized spacial score (nSPS) is 10.5. The van der Waals surface area contributed by atoms with Crippen LogP contribution in [-0.2, 0) is 4.79 Å². The first kappa shape index (κ1) is 18.2. The van der Waals surface area contributed by atoms with Gasteiger partial charge in [0.2, 0.25) is 5.91 Å². The third-order valence-corrected chi connectivity index (χ3v) is 3.32. The fourth-order valence-electron chi connectivity index (χ4n) is 2.00. The molecule has 0 aliphatic carbocycles. The monoisotopic (exact) mass is 339 g/mol. The number of anilines is 1. The molecule has 2 amide bonds. The lowest BCUT2D eigenvalue weighted by Gasteiger charge is -2.05. The van der Waals surface area contributed by atoms with Crippen LogP contribution in [0.1, 0.15) is 36.2 Å². The van der Waals surface area contributed by atoms with Gasteiger partial charge in [0.15, 0.2) is 0 Å². The minimum absolute atomic E-state index is 0.0721. The molecule has 0 aliphatic heterocycles. The minimum atomic E-state index is -0.324. The number of hydrogen-bond donors (Lipinski definition) is 2. The van der Waals surface area contributed by atoms with Crippen molar-refractivity contribution in [2.75, 3.05) is 11.9 Å². The molecule has 0 bridgehead atoms. The van der Waals surface area contributed by atoms with E-state index in [2.05, 4.69) is 15.8 Å². The summed E-state index contributed by atoms with van der Waals surface area (Å²) in [6.07, 6.45) is 1.96. The molecule has 0 spiro atoms. The Balaban J connectivity index is 1.89.